The van der Waals surface area contributed by atoms with Crippen LogP contribution in [-0.4, -0.2) is 26.3 Å². The van der Waals surface area contributed by atoms with E-state index >= 15 is 0 Å². The highest BCUT2D eigenvalue weighted by Gasteiger charge is 2.00. The molecule has 0 aliphatic carbocycles. The molecule has 0 unspecified atom stereocenters. The van der Waals surface area contributed by atoms with Crippen molar-refractivity contribution in [2.75, 3.05) is 20.3 Å². The van der Waals surface area contributed by atoms with Crippen LogP contribution in [0.4, 0.5) is 0 Å². The average molecular weight is 377 g/mol. The Bertz CT molecular complexity index is 433. The Morgan fingerprint density at radius 3 is 1.81 bits per heavy atom. The molecule has 0 fully saturated rings. The van der Waals surface area contributed by atoms with Crippen molar-refractivity contribution in [2.45, 2.75) is 77.6 Å². The van der Waals surface area contributed by atoms with Crippen molar-refractivity contribution in [3.63, 3.8) is 0 Å². The van der Waals surface area contributed by atoms with Crippen molar-refractivity contribution in [1.29, 1.82) is 0 Å². The molecular weight excluding hydrogens is 336 g/mol. The first-order valence-corrected chi connectivity index (χ1v) is 10.6. The smallest absolute Gasteiger partial charge is 0.305 e. The highest BCUT2D eigenvalue weighted by atomic mass is 16.5. The van der Waals surface area contributed by atoms with Gasteiger partial charge in [-0.25, -0.2) is 0 Å². The third-order valence-corrected chi connectivity index (χ3v) is 3.97. The Balaban J connectivity index is 3.44. The number of ether oxygens (including phenoxy) is 2. The maximum atomic E-state index is 11.5. The summed E-state index contributed by atoms with van der Waals surface area (Å²) in [5, 5.41) is 0. The number of rotatable bonds is 18. The van der Waals surface area contributed by atoms with Crippen molar-refractivity contribution in [2.24, 2.45) is 0 Å². The number of carbonyl (C=O) groups excluding carboxylic acids is 1. The van der Waals surface area contributed by atoms with Crippen molar-refractivity contribution in [1.82, 2.24) is 0 Å². The molecular formula is C24H40O3. The Morgan fingerprint density at radius 2 is 1.26 bits per heavy atom. The molecule has 3 nitrogen and oxygen atoms in total. The van der Waals surface area contributed by atoms with Crippen LogP contribution >= 0.6 is 0 Å². The molecule has 0 aliphatic rings. The van der Waals surface area contributed by atoms with Crippen LogP contribution in [0.15, 0.2) is 48.6 Å². The minimum atomic E-state index is -0.109. The van der Waals surface area contributed by atoms with Gasteiger partial charge in [-0.3, -0.25) is 4.79 Å². The molecule has 0 rings (SSSR count). The van der Waals surface area contributed by atoms with Gasteiger partial charge in [0.2, 0.25) is 0 Å². The molecule has 3 heteroatoms. The quantitative estimate of drug-likeness (QED) is 0.151. The lowest BCUT2D eigenvalue weighted by Crippen LogP contribution is -2.07. The van der Waals surface area contributed by atoms with Gasteiger partial charge in [0.25, 0.3) is 0 Å². The predicted octanol–water partition coefficient (Wildman–Crippen LogP) is 6.71. The number of unbranched alkanes of at least 4 members (excludes halogenated alkanes) is 4. The van der Waals surface area contributed by atoms with E-state index in [1.165, 1.54) is 25.7 Å². The second-order valence-corrected chi connectivity index (χ2v) is 6.55. The first-order valence-electron chi connectivity index (χ1n) is 10.6. The normalized spacial score (nSPS) is 12.2. The Hall–Kier alpha value is -1.61. The third-order valence-electron chi connectivity index (χ3n) is 3.97. The van der Waals surface area contributed by atoms with E-state index in [0.717, 1.165) is 38.5 Å². The van der Waals surface area contributed by atoms with Crippen LogP contribution in [0.25, 0.3) is 0 Å². The largest absolute Gasteiger partial charge is 0.466 e. The maximum absolute atomic E-state index is 11.5. The van der Waals surface area contributed by atoms with E-state index < -0.39 is 0 Å². The highest BCUT2D eigenvalue weighted by Crippen LogP contribution is 2.02. The molecule has 0 amide bonds. The summed E-state index contributed by atoms with van der Waals surface area (Å²) in [6.07, 6.45) is 28.8. The molecule has 0 aromatic rings. The highest BCUT2D eigenvalue weighted by molar-refractivity contribution is 5.69. The molecule has 0 aromatic heterocycles. The molecule has 0 saturated heterocycles. The van der Waals surface area contributed by atoms with Crippen molar-refractivity contribution < 1.29 is 14.3 Å². The second-order valence-electron chi connectivity index (χ2n) is 6.55. The summed E-state index contributed by atoms with van der Waals surface area (Å²) in [5.41, 5.74) is 0. The third kappa shape index (κ3) is 22.3. The zero-order valence-electron chi connectivity index (χ0n) is 17.5. The van der Waals surface area contributed by atoms with Crippen LogP contribution in [0.2, 0.25) is 0 Å². The zero-order valence-corrected chi connectivity index (χ0v) is 17.5. The molecule has 0 spiro atoms. The fraction of sp³-hybridized carbons (Fsp3) is 0.625. The first kappa shape index (κ1) is 25.4. The van der Waals surface area contributed by atoms with Crippen LogP contribution < -0.4 is 0 Å². The van der Waals surface area contributed by atoms with Crippen LogP contribution in [0.1, 0.15) is 77.6 Å². The molecule has 0 heterocycles. The molecule has 27 heavy (non-hydrogen) atoms. The van der Waals surface area contributed by atoms with Crippen molar-refractivity contribution >= 4 is 5.97 Å². The van der Waals surface area contributed by atoms with E-state index in [-0.39, 0.29) is 5.97 Å². The van der Waals surface area contributed by atoms with Gasteiger partial charge in [-0.05, 0) is 44.9 Å². The summed E-state index contributed by atoms with van der Waals surface area (Å²) in [4.78, 5) is 11.5. The van der Waals surface area contributed by atoms with Gasteiger partial charge >= 0.3 is 5.97 Å². The van der Waals surface area contributed by atoms with E-state index in [0.29, 0.717) is 19.6 Å². The van der Waals surface area contributed by atoms with Gasteiger partial charge in [0.05, 0.1) is 6.61 Å². The van der Waals surface area contributed by atoms with E-state index in [1.54, 1.807) is 7.11 Å². The standard InChI is InChI=1S/C24H40O3/c1-3-4-5-6-7-8-9-10-11-12-13-14-15-16-17-18-19-21-24(25)27-23-20-22-26-2/h7-8,10-11,13-14,16-17H,3-6,9,12,15,18-23H2,1-2H3/b8-7-,11-10-,14-13-,17-16-. The van der Waals surface area contributed by atoms with E-state index in [2.05, 4.69) is 55.5 Å². The van der Waals surface area contributed by atoms with E-state index in [9.17, 15) is 4.79 Å². The van der Waals surface area contributed by atoms with Gasteiger partial charge in [-0.1, -0.05) is 68.4 Å². The van der Waals surface area contributed by atoms with Gasteiger partial charge in [0, 0.05) is 26.6 Å². The number of hydrogen-bond acceptors (Lipinski definition) is 3. The molecule has 0 aliphatic heterocycles. The number of carbonyl (C=O) groups is 1. The fourth-order valence-corrected chi connectivity index (χ4v) is 2.39. The molecule has 0 atom stereocenters. The second kappa shape index (κ2) is 22.4. The Kier molecular flexibility index (Phi) is 21.1. The van der Waals surface area contributed by atoms with Gasteiger partial charge in [-0.15, -0.1) is 0 Å². The monoisotopic (exact) mass is 376 g/mol. The summed E-state index contributed by atoms with van der Waals surface area (Å²) in [7, 11) is 1.65. The lowest BCUT2D eigenvalue weighted by molar-refractivity contribution is -0.144. The molecule has 154 valence electrons. The number of esters is 1. The number of hydrogen-bond donors (Lipinski definition) is 0. The summed E-state index contributed by atoms with van der Waals surface area (Å²) in [5.74, 6) is -0.109. The SMILES string of the molecule is CCCCC/C=C\C/C=C\C/C=C\C/C=C\CCCC(=O)OCCCOC. The van der Waals surface area contributed by atoms with E-state index in [4.69, 9.17) is 9.47 Å². The van der Waals surface area contributed by atoms with Gasteiger partial charge in [-0.2, -0.15) is 0 Å². The van der Waals surface area contributed by atoms with Crippen LogP contribution in [-0.2, 0) is 14.3 Å². The lowest BCUT2D eigenvalue weighted by Gasteiger charge is -2.03. The van der Waals surface area contributed by atoms with Crippen molar-refractivity contribution in [3.05, 3.63) is 48.6 Å². The minimum absolute atomic E-state index is 0.109. The predicted molar refractivity (Wildman–Crippen MR) is 116 cm³/mol. The van der Waals surface area contributed by atoms with Gasteiger partial charge in [0.15, 0.2) is 0 Å². The molecule has 0 bridgehead atoms. The average Bonchev–Trinajstić information content (AvgIpc) is 2.67. The zero-order chi connectivity index (χ0) is 19.8. The van der Waals surface area contributed by atoms with Crippen LogP contribution in [0, 0.1) is 0 Å². The molecule has 0 aromatic carbocycles. The van der Waals surface area contributed by atoms with Crippen LogP contribution in [0.3, 0.4) is 0 Å². The maximum Gasteiger partial charge on any atom is 0.305 e. The van der Waals surface area contributed by atoms with Gasteiger partial charge < -0.3 is 9.47 Å². The van der Waals surface area contributed by atoms with E-state index in [1.807, 2.05) is 0 Å². The first-order chi connectivity index (χ1) is 13.3. The van der Waals surface area contributed by atoms with Crippen LogP contribution in [0.5, 0.6) is 0 Å². The summed E-state index contributed by atoms with van der Waals surface area (Å²) >= 11 is 0. The topological polar surface area (TPSA) is 35.5 Å². The fourth-order valence-electron chi connectivity index (χ4n) is 2.39. The van der Waals surface area contributed by atoms with Gasteiger partial charge in [0.1, 0.15) is 0 Å². The number of allylic oxidation sites excluding steroid dienone is 8. The number of methoxy groups -OCH3 is 1. The van der Waals surface area contributed by atoms with Crippen molar-refractivity contribution in [3.8, 4) is 0 Å². The minimum Gasteiger partial charge on any atom is -0.466 e. The summed E-state index contributed by atoms with van der Waals surface area (Å²) in [6, 6.07) is 0. The summed E-state index contributed by atoms with van der Waals surface area (Å²) < 4.78 is 10.0. The summed E-state index contributed by atoms with van der Waals surface area (Å²) in [6.45, 7) is 3.33. The molecule has 0 saturated carbocycles. The lowest BCUT2D eigenvalue weighted by atomic mass is 10.2. The Morgan fingerprint density at radius 1 is 0.704 bits per heavy atom. The Labute approximate surface area is 167 Å². The molecule has 0 N–H and O–H groups in total. The molecule has 0 radical (unpaired) electrons.